The Labute approximate surface area is 146 Å². The first kappa shape index (κ1) is 17.4. The van der Waals surface area contributed by atoms with Gasteiger partial charge in [-0.25, -0.2) is 4.39 Å². The van der Waals surface area contributed by atoms with Crippen molar-refractivity contribution in [2.45, 2.75) is 18.9 Å². The summed E-state index contributed by atoms with van der Waals surface area (Å²) in [4.78, 5) is 0. The lowest BCUT2D eigenvalue weighted by molar-refractivity contribution is 0.0978. The number of alkyl halides is 1. The molecule has 0 spiro atoms. The molecule has 0 fully saturated rings. The highest BCUT2D eigenvalue weighted by Crippen LogP contribution is 2.33. The Morgan fingerprint density at radius 2 is 1.86 bits per heavy atom. The van der Waals surface area contributed by atoms with Crippen molar-refractivity contribution in [1.82, 2.24) is 0 Å². The maximum absolute atomic E-state index is 14.4. The van der Waals surface area contributed by atoms with Crippen molar-refractivity contribution >= 4 is 31.9 Å². The monoisotopic (exact) mass is 430 g/mol. The molecule has 2 nitrogen and oxygen atoms in total. The standard InChI is InChI=1S/C17H17Br2FO2/c1-17(21,12-3-5-13(19)6-4-12)15-8-7-14(11-16(15)20)22-10-2-9-18/h3-8,11,21H,2,9-10H2,1H3. The van der Waals surface area contributed by atoms with Crippen molar-refractivity contribution in [3.8, 4) is 5.75 Å². The van der Waals surface area contributed by atoms with E-state index in [9.17, 15) is 9.50 Å². The Bertz CT molecular complexity index is 627. The third-order valence-corrected chi connectivity index (χ3v) is 4.51. The Morgan fingerprint density at radius 1 is 1.18 bits per heavy atom. The minimum Gasteiger partial charge on any atom is -0.493 e. The lowest BCUT2D eigenvalue weighted by Gasteiger charge is -2.25. The molecule has 0 bridgehead atoms. The van der Waals surface area contributed by atoms with Crippen LogP contribution in [-0.4, -0.2) is 17.0 Å². The molecule has 22 heavy (non-hydrogen) atoms. The second kappa shape index (κ2) is 7.57. The molecule has 2 aromatic rings. The lowest BCUT2D eigenvalue weighted by Crippen LogP contribution is -2.24. The van der Waals surface area contributed by atoms with Gasteiger partial charge in [0.2, 0.25) is 0 Å². The number of hydrogen-bond acceptors (Lipinski definition) is 2. The van der Waals surface area contributed by atoms with Gasteiger partial charge in [-0.2, -0.15) is 0 Å². The predicted molar refractivity (Wildman–Crippen MR) is 93.1 cm³/mol. The molecule has 0 aromatic heterocycles. The molecule has 0 saturated carbocycles. The van der Waals surface area contributed by atoms with Crippen LogP contribution < -0.4 is 4.74 Å². The average molecular weight is 432 g/mol. The van der Waals surface area contributed by atoms with Crippen LogP contribution in [0, 0.1) is 5.82 Å². The van der Waals surface area contributed by atoms with Crippen LogP contribution in [0.5, 0.6) is 5.75 Å². The third kappa shape index (κ3) is 4.09. The Balaban J connectivity index is 2.25. The maximum Gasteiger partial charge on any atom is 0.133 e. The fourth-order valence-corrected chi connectivity index (χ4v) is 2.65. The summed E-state index contributed by atoms with van der Waals surface area (Å²) in [5.41, 5.74) is -0.552. The van der Waals surface area contributed by atoms with Crippen molar-refractivity contribution in [3.63, 3.8) is 0 Å². The largest absolute Gasteiger partial charge is 0.493 e. The normalized spacial score (nSPS) is 13.7. The molecule has 1 atom stereocenters. The van der Waals surface area contributed by atoms with Gasteiger partial charge in [-0.3, -0.25) is 0 Å². The molecule has 0 aliphatic heterocycles. The first-order chi connectivity index (χ1) is 10.4. The van der Waals surface area contributed by atoms with Crippen LogP contribution >= 0.6 is 31.9 Å². The minimum absolute atomic E-state index is 0.225. The van der Waals surface area contributed by atoms with E-state index in [0.717, 1.165) is 16.2 Å². The molecule has 2 aromatic carbocycles. The summed E-state index contributed by atoms with van der Waals surface area (Å²) in [6, 6.07) is 11.7. The number of halogens is 3. The molecule has 118 valence electrons. The smallest absolute Gasteiger partial charge is 0.133 e. The van der Waals surface area contributed by atoms with E-state index in [0.29, 0.717) is 17.9 Å². The van der Waals surface area contributed by atoms with Crippen molar-refractivity contribution < 1.29 is 14.2 Å². The number of benzene rings is 2. The first-order valence-corrected chi connectivity index (χ1v) is 8.84. The molecular formula is C17H17Br2FO2. The van der Waals surface area contributed by atoms with Gasteiger partial charge in [-0.1, -0.05) is 44.0 Å². The number of hydrogen-bond donors (Lipinski definition) is 1. The molecule has 0 saturated heterocycles. The molecule has 0 aliphatic carbocycles. The summed E-state index contributed by atoms with van der Waals surface area (Å²) in [6.07, 6.45) is 0.847. The molecule has 2 rings (SSSR count). The summed E-state index contributed by atoms with van der Waals surface area (Å²) < 4.78 is 20.7. The topological polar surface area (TPSA) is 29.5 Å². The number of aliphatic hydroxyl groups is 1. The van der Waals surface area contributed by atoms with E-state index in [1.807, 2.05) is 12.1 Å². The Kier molecular flexibility index (Phi) is 6.01. The van der Waals surface area contributed by atoms with Gasteiger partial charge >= 0.3 is 0 Å². The second-order valence-electron chi connectivity index (χ2n) is 5.11. The summed E-state index contributed by atoms with van der Waals surface area (Å²) >= 11 is 6.66. The van der Waals surface area contributed by atoms with Gasteiger partial charge in [-0.05, 0) is 43.2 Å². The number of ether oxygens (including phenoxy) is 1. The third-order valence-electron chi connectivity index (χ3n) is 3.42. The van der Waals surface area contributed by atoms with Gasteiger partial charge in [0.25, 0.3) is 0 Å². The van der Waals surface area contributed by atoms with E-state index in [2.05, 4.69) is 31.9 Å². The zero-order chi connectivity index (χ0) is 16.2. The fourth-order valence-electron chi connectivity index (χ4n) is 2.15. The van der Waals surface area contributed by atoms with E-state index in [-0.39, 0.29) is 5.56 Å². The number of rotatable bonds is 6. The minimum atomic E-state index is -1.40. The zero-order valence-electron chi connectivity index (χ0n) is 12.2. The molecule has 0 radical (unpaired) electrons. The highest BCUT2D eigenvalue weighted by atomic mass is 79.9. The molecule has 1 N–H and O–H groups in total. The van der Waals surface area contributed by atoms with E-state index in [1.165, 1.54) is 6.07 Å². The van der Waals surface area contributed by atoms with E-state index in [4.69, 9.17) is 4.74 Å². The summed E-state index contributed by atoms with van der Waals surface area (Å²) in [6.45, 7) is 2.10. The van der Waals surface area contributed by atoms with Gasteiger partial charge in [0.05, 0.1) is 6.61 Å². The van der Waals surface area contributed by atoms with Gasteiger partial charge < -0.3 is 9.84 Å². The van der Waals surface area contributed by atoms with Crippen LogP contribution in [0.4, 0.5) is 4.39 Å². The Morgan fingerprint density at radius 3 is 2.45 bits per heavy atom. The van der Waals surface area contributed by atoms with Gasteiger partial charge in [0.15, 0.2) is 0 Å². The maximum atomic E-state index is 14.4. The first-order valence-electron chi connectivity index (χ1n) is 6.92. The van der Waals surface area contributed by atoms with Crippen LogP contribution in [0.2, 0.25) is 0 Å². The highest BCUT2D eigenvalue weighted by molar-refractivity contribution is 9.10. The highest BCUT2D eigenvalue weighted by Gasteiger charge is 2.29. The van der Waals surface area contributed by atoms with Crippen LogP contribution in [0.1, 0.15) is 24.5 Å². The van der Waals surface area contributed by atoms with Gasteiger partial charge in [0.1, 0.15) is 17.2 Å². The molecule has 5 heteroatoms. The molecule has 0 amide bonds. The van der Waals surface area contributed by atoms with E-state index < -0.39 is 11.4 Å². The van der Waals surface area contributed by atoms with Crippen molar-refractivity contribution in [3.05, 3.63) is 63.9 Å². The van der Waals surface area contributed by atoms with Gasteiger partial charge in [0, 0.05) is 21.4 Å². The average Bonchev–Trinajstić information content (AvgIpc) is 2.48. The fraction of sp³-hybridized carbons (Fsp3) is 0.294. The SMILES string of the molecule is CC(O)(c1ccc(Br)cc1)c1ccc(OCCCBr)cc1F. The predicted octanol–water partition coefficient (Wildman–Crippen LogP) is 5.01. The second-order valence-corrected chi connectivity index (χ2v) is 6.82. The summed E-state index contributed by atoms with van der Waals surface area (Å²) in [5, 5.41) is 11.6. The van der Waals surface area contributed by atoms with E-state index >= 15 is 0 Å². The van der Waals surface area contributed by atoms with Crippen LogP contribution in [-0.2, 0) is 5.60 Å². The molecular weight excluding hydrogens is 415 g/mol. The van der Waals surface area contributed by atoms with Crippen molar-refractivity contribution in [1.29, 1.82) is 0 Å². The van der Waals surface area contributed by atoms with Crippen LogP contribution in [0.3, 0.4) is 0 Å². The molecule has 0 aliphatic rings. The van der Waals surface area contributed by atoms with E-state index in [1.54, 1.807) is 31.2 Å². The quantitative estimate of drug-likeness (QED) is 0.514. The Hall–Kier alpha value is -0.910. The zero-order valence-corrected chi connectivity index (χ0v) is 15.3. The van der Waals surface area contributed by atoms with Crippen molar-refractivity contribution in [2.24, 2.45) is 0 Å². The van der Waals surface area contributed by atoms with Gasteiger partial charge in [-0.15, -0.1) is 0 Å². The van der Waals surface area contributed by atoms with Crippen molar-refractivity contribution in [2.75, 3.05) is 11.9 Å². The molecule has 0 heterocycles. The van der Waals surface area contributed by atoms with Crippen LogP contribution in [0.25, 0.3) is 0 Å². The van der Waals surface area contributed by atoms with Crippen LogP contribution in [0.15, 0.2) is 46.9 Å². The lowest BCUT2D eigenvalue weighted by atomic mass is 9.88. The summed E-state index contributed by atoms with van der Waals surface area (Å²) in [7, 11) is 0. The summed E-state index contributed by atoms with van der Waals surface area (Å²) in [5.74, 6) is -0.0157. The molecule has 1 unspecified atom stereocenters.